The van der Waals surface area contributed by atoms with E-state index in [0.717, 1.165) is 12.3 Å². The molecule has 0 rings (SSSR count). The molecule has 0 amide bonds. The molecule has 0 saturated carbocycles. The van der Waals surface area contributed by atoms with Gasteiger partial charge in [0.1, 0.15) is 0 Å². The van der Waals surface area contributed by atoms with Crippen molar-refractivity contribution in [2.45, 2.75) is 20.3 Å². The number of allylic oxidation sites excluding steroid dienone is 1. The molecule has 0 nitrogen and oxygen atoms in total. The zero-order valence-electron chi connectivity index (χ0n) is 5.07. The highest BCUT2D eigenvalue weighted by molar-refractivity contribution is 4.76. The molecule has 0 heterocycles. The monoisotopic (exact) mass is 96.1 g/mol. The van der Waals surface area contributed by atoms with Crippen LogP contribution in [0.4, 0.5) is 0 Å². The van der Waals surface area contributed by atoms with Crippen LogP contribution in [-0.4, -0.2) is 0 Å². The highest BCUT2D eigenvalue weighted by atomic mass is 13.9. The van der Waals surface area contributed by atoms with E-state index in [2.05, 4.69) is 26.2 Å². The molecular weight excluding hydrogens is 84.1 g/mol. The van der Waals surface area contributed by atoms with Crippen molar-refractivity contribution >= 4 is 0 Å². The molecule has 0 aliphatic carbocycles. The first kappa shape index (κ1) is 6.52. The van der Waals surface area contributed by atoms with Gasteiger partial charge in [0, 0.05) is 0 Å². The molecule has 0 aliphatic rings. The summed E-state index contributed by atoms with van der Waals surface area (Å²) in [5.41, 5.74) is 2.72. The normalized spacial score (nSPS) is 8.43. The molecule has 0 N–H and O–H groups in total. The van der Waals surface area contributed by atoms with Gasteiger partial charge in [-0.1, -0.05) is 20.4 Å². The van der Waals surface area contributed by atoms with Gasteiger partial charge in [-0.15, -0.1) is 5.73 Å². The molecule has 7 heavy (non-hydrogen) atoms. The van der Waals surface area contributed by atoms with Gasteiger partial charge in [0.05, 0.1) is 0 Å². The van der Waals surface area contributed by atoms with E-state index in [9.17, 15) is 0 Å². The van der Waals surface area contributed by atoms with Crippen LogP contribution in [0.25, 0.3) is 0 Å². The Hall–Kier alpha value is -0.480. The maximum Gasteiger partial charge on any atom is -0.0251 e. The second-order valence-electron chi connectivity index (χ2n) is 2.04. The number of hydrogen-bond acceptors (Lipinski definition) is 0. The standard InChI is InChI=1S/C7H12/c1-4-5-6-7(2)3/h5,7H,1,6H2,2-3H3. The van der Waals surface area contributed by atoms with Crippen LogP contribution in [0.15, 0.2) is 18.4 Å². The summed E-state index contributed by atoms with van der Waals surface area (Å²) in [6.07, 6.45) is 3.06. The third-order valence-corrected chi connectivity index (χ3v) is 0.734. The van der Waals surface area contributed by atoms with E-state index in [1.807, 2.05) is 6.08 Å². The minimum absolute atomic E-state index is 0.745. The SMILES string of the molecule is C=C=CCC(C)C. The summed E-state index contributed by atoms with van der Waals surface area (Å²) >= 11 is 0. The van der Waals surface area contributed by atoms with Crippen molar-refractivity contribution in [3.05, 3.63) is 18.4 Å². The Kier molecular flexibility index (Phi) is 3.45. The summed E-state index contributed by atoms with van der Waals surface area (Å²) in [7, 11) is 0. The summed E-state index contributed by atoms with van der Waals surface area (Å²) in [5, 5.41) is 0. The third kappa shape index (κ3) is 5.52. The van der Waals surface area contributed by atoms with Crippen molar-refractivity contribution in [1.29, 1.82) is 0 Å². The summed E-state index contributed by atoms with van der Waals surface area (Å²) in [6.45, 7) is 7.80. The zero-order valence-corrected chi connectivity index (χ0v) is 5.07. The molecule has 0 aromatic carbocycles. The zero-order chi connectivity index (χ0) is 5.70. The maximum atomic E-state index is 3.45. The number of hydrogen-bond donors (Lipinski definition) is 0. The van der Waals surface area contributed by atoms with Crippen LogP contribution in [-0.2, 0) is 0 Å². The molecule has 0 aliphatic heterocycles. The lowest BCUT2D eigenvalue weighted by Gasteiger charge is -1.92. The average molecular weight is 96.2 g/mol. The summed E-state index contributed by atoms with van der Waals surface area (Å²) in [5.74, 6) is 0.745. The maximum absolute atomic E-state index is 3.45. The second-order valence-corrected chi connectivity index (χ2v) is 2.04. The molecule has 40 valence electrons. The van der Waals surface area contributed by atoms with Crippen molar-refractivity contribution in [2.24, 2.45) is 5.92 Å². The molecular formula is C7H12. The fourth-order valence-corrected chi connectivity index (χ4v) is 0.319. The van der Waals surface area contributed by atoms with Gasteiger partial charge >= 0.3 is 0 Å². The molecule has 0 fully saturated rings. The summed E-state index contributed by atoms with van der Waals surface area (Å²) < 4.78 is 0. The molecule has 0 heteroatoms. The Morgan fingerprint density at radius 3 is 2.43 bits per heavy atom. The molecule has 0 bridgehead atoms. The van der Waals surface area contributed by atoms with Gasteiger partial charge in [0.2, 0.25) is 0 Å². The Balaban J connectivity index is 3.13. The summed E-state index contributed by atoms with van der Waals surface area (Å²) in [4.78, 5) is 0. The fraction of sp³-hybridized carbons (Fsp3) is 0.571. The molecule has 0 spiro atoms. The van der Waals surface area contributed by atoms with Crippen molar-refractivity contribution in [1.82, 2.24) is 0 Å². The smallest absolute Gasteiger partial charge is 0.0251 e. The third-order valence-electron chi connectivity index (χ3n) is 0.734. The molecule has 0 unspecified atom stereocenters. The molecule has 0 aromatic heterocycles. The Labute approximate surface area is 45.5 Å². The van der Waals surface area contributed by atoms with Crippen LogP contribution in [0.3, 0.4) is 0 Å². The molecule has 0 atom stereocenters. The van der Waals surface area contributed by atoms with E-state index in [-0.39, 0.29) is 0 Å². The van der Waals surface area contributed by atoms with E-state index < -0.39 is 0 Å². The first-order chi connectivity index (χ1) is 3.27. The average Bonchev–Trinajstić information content (AvgIpc) is 1.61. The topological polar surface area (TPSA) is 0 Å². The lowest BCUT2D eigenvalue weighted by atomic mass is 10.1. The van der Waals surface area contributed by atoms with Crippen LogP contribution in [0.1, 0.15) is 20.3 Å². The first-order valence-electron chi connectivity index (χ1n) is 2.61. The predicted molar refractivity (Wildman–Crippen MR) is 33.2 cm³/mol. The van der Waals surface area contributed by atoms with Crippen LogP contribution in [0.2, 0.25) is 0 Å². The van der Waals surface area contributed by atoms with Gasteiger partial charge in [0.25, 0.3) is 0 Å². The van der Waals surface area contributed by atoms with Gasteiger partial charge in [-0.3, -0.25) is 0 Å². The van der Waals surface area contributed by atoms with Gasteiger partial charge in [0.15, 0.2) is 0 Å². The van der Waals surface area contributed by atoms with E-state index in [4.69, 9.17) is 0 Å². The van der Waals surface area contributed by atoms with Gasteiger partial charge in [-0.2, -0.15) is 0 Å². The van der Waals surface area contributed by atoms with Gasteiger partial charge in [-0.25, -0.2) is 0 Å². The van der Waals surface area contributed by atoms with Crippen molar-refractivity contribution in [3.8, 4) is 0 Å². The highest BCUT2D eigenvalue weighted by Crippen LogP contribution is 1.97. The minimum atomic E-state index is 0.745. The quantitative estimate of drug-likeness (QED) is 0.463. The Morgan fingerprint density at radius 1 is 1.71 bits per heavy atom. The van der Waals surface area contributed by atoms with Gasteiger partial charge < -0.3 is 0 Å². The number of rotatable bonds is 2. The Bertz CT molecular complexity index is 74.0. The predicted octanol–water partition coefficient (Wildman–Crippen LogP) is 2.37. The fourth-order valence-electron chi connectivity index (χ4n) is 0.319. The summed E-state index contributed by atoms with van der Waals surface area (Å²) in [6, 6.07) is 0. The molecule has 0 radical (unpaired) electrons. The van der Waals surface area contributed by atoms with Crippen molar-refractivity contribution in [2.75, 3.05) is 0 Å². The van der Waals surface area contributed by atoms with E-state index in [0.29, 0.717) is 0 Å². The van der Waals surface area contributed by atoms with Crippen molar-refractivity contribution in [3.63, 3.8) is 0 Å². The van der Waals surface area contributed by atoms with Crippen molar-refractivity contribution < 1.29 is 0 Å². The largest absolute Gasteiger partial charge is 0.133 e. The molecule has 0 aromatic rings. The van der Waals surface area contributed by atoms with Crippen LogP contribution in [0, 0.1) is 5.92 Å². The Morgan fingerprint density at radius 2 is 2.29 bits per heavy atom. The van der Waals surface area contributed by atoms with E-state index >= 15 is 0 Å². The van der Waals surface area contributed by atoms with Gasteiger partial charge in [-0.05, 0) is 18.4 Å². The van der Waals surface area contributed by atoms with E-state index in [1.165, 1.54) is 0 Å². The lowest BCUT2D eigenvalue weighted by molar-refractivity contribution is 0.664. The lowest BCUT2D eigenvalue weighted by Crippen LogP contribution is -1.79. The van der Waals surface area contributed by atoms with Crippen LogP contribution in [0.5, 0.6) is 0 Å². The minimum Gasteiger partial charge on any atom is -0.133 e. The molecule has 0 saturated heterocycles. The second kappa shape index (κ2) is 3.70. The highest BCUT2D eigenvalue weighted by Gasteiger charge is 1.83. The van der Waals surface area contributed by atoms with Crippen LogP contribution < -0.4 is 0 Å². The van der Waals surface area contributed by atoms with E-state index in [1.54, 1.807) is 0 Å². The first-order valence-corrected chi connectivity index (χ1v) is 2.61. The van der Waals surface area contributed by atoms with Crippen LogP contribution >= 0.6 is 0 Å².